The lowest BCUT2D eigenvalue weighted by Gasteiger charge is -2.28. The van der Waals surface area contributed by atoms with Gasteiger partial charge in [0, 0.05) is 16.4 Å². The summed E-state index contributed by atoms with van der Waals surface area (Å²) in [5.74, 6) is -1.40. The molecule has 0 fully saturated rings. The van der Waals surface area contributed by atoms with Gasteiger partial charge in [-0.3, -0.25) is 9.59 Å². The molecule has 0 bridgehead atoms. The first-order valence-corrected chi connectivity index (χ1v) is 12.0. The van der Waals surface area contributed by atoms with Crippen molar-refractivity contribution in [2.45, 2.75) is 26.3 Å². The van der Waals surface area contributed by atoms with Gasteiger partial charge in [0.2, 0.25) is 5.78 Å². The molecule has 0 saturated heterocycles. The van der Waals surface area contributed by atoms with Crippen molar-refractivity contribution in [1.29, 1.82) is 0 Å². The Hall–Kier alpha value is -2.90. The monoisotopic (exact) mass is 510 g/mol. The number of halogens is 1. The Morgan fingerprint density at radius 2 is 1.82 bits per heavy atom. The van der Waals surface area contributed by atoms with Crippen LogP contribution in [0.25, 0.3) is 11.0 Å². The van der Waals surface area contributed by atoms with Crippen molar-refractivity contribution in [2.75, 3.05) is 26.2 Å². The Labute approximate surface area is 201 Å². The molecule has 1 atom stereocenters. The zero-order valence-electron chi connectivity index (χ0n) is 18.8. The molecular weight excluding hydrogens is 484 g/mol. The number of amides is 1. The second-order valence-electron chi connectivity index (χ2n) is 8.07. The predicted molar refractivity (Wildman–Crippen MR) is 131 cm³/mol. The van der Waals surface area contributed by atoms with E-state index in [1.807, 2.05) is 42.5 Å². The van der Waals surface area contributed by atoms with E-state index >= 15 is 0 Å². The average molecular weight is 511 g/mol. The number of nitrogens with zero attached hydrogens (tertiary/aromatic N) is 2. The number of rotatable bonds is 9. The smallest absolute Gasteiger partial charge is 0.290 e. The Morgan fingerprint density at radius 1 is 1.12 bits per heavy atom. The number of benzene rings is 2. The number of ketones is 1. The minimum Gasteiger partial charge on any atom is -0.503 e. The molecule has 172 valence electrons. The minimum atomic E-state index is -0.678. The summed E-state index contributed by atoms with van der Waals surface area (Å²) >= 11 is 3.44. The van der Waals surface area contributed by atoms with E-state index in [4.69, 9.17) is 4.42 Å². The summed E-state index contributed by atoms with van der Waals surface area (Å²) in [6.45, 7) is 7.33. The maximum absolute atomic E-state index is 13.5. The average Bonchev–Trinajstić information content (AvgIpc) is 3.37. The van der Waals surface area contributed by atoms with Crippen LogP contribution in [-0.2, 0) is 4.79 Å². The maximum atomic E-state index is 13.5. The third-order valence-corrected chi connectivity index (χ3v) is 6.68. The number of hydrogen-bond donors (Lipinski definition) is 1. The van der Waals surface area contributed by atoms with Gasteiger partial charge in [-0.25, -0.2) is 0 Å². The molecule has 3 aromatic rings. The van der Waals surface area contributed by atoms with E-state index in [1.165, 1.54) is 0 Å². The van der Waals surface area contributed by atoms with E-state index in [9.17, 15) is 14.7 Å². The number of para-hydroxylation sites is 1. The molecule has 1 N–H and O–H groups in total. The molecule has 0 aliphatic carbocycles. The first kappa shape index (κ1) is 23.3. The molecule has 33 heavy (non-hydrogen) atoms. The molecule has 1 aliphatic rings. The number of hydrogen-bond acceptors (Lipinski definition) is 5. The van der Waals surface area contributed by atoms with Crippen LogP contribution in [0.5, 0.6) is 0 Å². The van der Waals surface area contributed by atoms with Crippen molar-refractivity contribution in [2.24, 2.45) is 0 Å². The molecule has 2 aromatic carbocycles. The van der Waals surface area contributed by atoms with Crippen LogP contribution in [0.2, 0.25) is 0 Å². The van der Waals surface area contributed by atoms with Crippen LogP contribution in [0.15, 0.2) is 74.8 Å². The van der Waals surface area contributed by atoms with Crippen LogP contribution in [-0.4, -0.2) is 52.8 Å². The molecule has 0 radical (unpaired) electrons. The van der Waals surface area contributed by atoms with Crippen LogP contribution in [0.4, 0.5) is 0 Å². The fourth-order valence-corrected chi connectivity index (χ4v) is 4.60. The van der Waals surface area contributed by atoms with Crippen molar-refractivity contribution in [3.63, 3.8) is 0 Å². The van der Waals surface area contributed by atoms with Gasteiger partial charge in [0.05, 0.1) is 11.6 Å². The number of carbonyl (C=O) groups is 2. The van der Waals surface area contributed by atoms with E-state index in [0.29, 0.717) is 12.1 Å². The SMILES string of the molecule is CCN(CC)CCCN1C(=O)C(O)=C(C(=O)c2cc3ccccc3o2)C1c1ccc(Br)cc1. The highest BCUT2D eigenvalue weighted by molar-refractivity contribution is 9.10. The number of aliphatic hydroxyl groups excluding tert-OH is 1. The normalized spacial score (nSPS) is 16.4. The summed E-state index contributed by atoms with van der Waals surface area (Å²) in [7, 11) is 0. The molecular formula is C26H27BrN2O4. The Balaban J connectivity index is 1.69. The molecule has 0 saturated carbocycles. The number of aliphatic hydroxyl groups is 1. The molecule has 1 amide bonds. The van der Waals surface area contributed by atoms with Crippen molar-refractivity contribution in [3.8, 4) is 0 Å². The summed E-state index contributed by atoms with van der Waals surface area (Å²) in [5.41, 5.74) is 1.41. The lowest BCUT2D eigenvalue weighted by Crippen LogP contribution is -2.34. The molecule has 1 aromatic heterocycles. The van der Waals surface area contributed by atoms with Gasteiger partial charge < -0.3 is 19.3 Å². The number of furan rings is 1. The van der Waals surface area contributed by atoms with E-state index in [0.717, 1.165) is 41.5 Å². The van der Waals surface area contributed by atoms with Gasteiger partial charge in [-0.05, 0) is 55.9 Å². The van der Waals surface area contributed by atoms with Crippen molar-refractivity contribution >= 4 is 38.6 Å². The van der Waals surface area contributed by atoms with Gasteiger partial charge in [-0.2, -0.15) is 0 Å². The van der Waals surface area contributed by atoms with Gasteiger partial charge in [0.25, 0.3) is 5.91 Å². The summed E-state index contributed by atoms with van der Waals surface area (Å²) in [6, 6.07) is 15.8. The predicted octanol–water partition coefficient (Wildman–Crippen LogP) is 5.51. The zero-order valence-corrected chi connectivity index (χ0v) is 20.3. The summed E-state index contributed by atoms with van der Waals surface area (Å²) in [6.07, 6.45) is 0.736. The molecule has 0 spiro atoms. The third kappa shape index (κ3) is 4.61. The van der Waals surface area contributed by atoms with Gasteiger partial charge in [-0.15, -0.1) is 0 Å². The van der Waals surface area contributed by atoms with Gasteiger partial charge in [0.1, 0.15) is 5.58 Å². The summed E-state index contributed by atoms with van der Waals surface area (Å²) in [4.78, 5) is 30.5. The second-order valence-corrected chi connectivity index (χ2v) is 8.99. The number of carbonyl (C=O) groups excluding carboxylic acids is 2. The van der Waals surface area contributed by atoms with E-state index in [2.05, 4.69) is 34.7 Å². The number of Topliss-reactive ketones (excluding diaryl/α,β-unsaturated/α-hetero) is 1. The fraction of sp³-hybridized carbons (Fsp3) is 0.308. The van der Waals surface area contributed by atoms with E-state index < -0.39 is 23.5 Å². The van der Waals surface area contributed by atoms with Crippen LogP contribution < -0.4 is 0 Å². The molecule has 7 heteroatoms. The van der Waals surface area contributed by atoms with Crippen molar-refractivity contribution in [3.05, 3.63) is 81.7 Å². The highest BCUT2D eigenvalue weighted by Crippen LogP contribution is 2.40. The first-order valence-electron chi connectivity index (χ1n) is 11.2. The van der Waals surface area contributed by atoms with Gasteiger partial charge in [-0.1, -0.05) is 60.1 Å². The lowest BCUT2D eigenvalue weighted by molar-refractivity contribution is -0.129. The van der Waals surface area contributed by atoms with Gasteiger partial charge in [0.15, 0.2) is 11.5 Å². The quantitative estimate of drug-likeness (QED) is 0.384. The summed E-state index contributed by atoms with van der Waals surface area (Å²) < 4.78 is 6.66. The van der Waals surface area contributed by atoms with Gasteiger partial charge >= 0.3 is 0 Å². The molecule has 2 heterocycles. The third-order valence-electron chi connectivity index (χ3n) is 6.15. The van der Waals surface area contributed by atoms with Crippen LogP contribution >= 0.6 is 15.9 Å². The Kier molecular flexibility index (Phi) is 7.00. The first-order chi connectivity index (χ1) is 15.9. The van der Waals surface area contributed by atoms with Crippen LogP contribution in [0.3, 0.4) is 0 Å². The Morgan fingerprint density at radius 3 is 2.48 bits per heavy atom. The van der Waals surface area contributed by atoms with E-state index in [-0.39, 0.29) is 11.3 Å². The highest BCUT2D eigenvalue weighted by Gasteiger charge is 2.44. The lowest BCUT2D eigenvalue weighted by atomic mass is 9.95. The van der Waals surface area contributed by atoms with Crippen molar-refractivity contribution in [1.82, 2.24) is 9.80 Å². The highest BCUT2D eigenvalue weighted by atomic mass is 79.9. The molecule has 4 rings (SSSR count). The molecule has 1 aliphatic heterocycles. The Bertz CT molecular complexity index is 1160. The standard InChI is InChI=1S/C26H27BrN2O4/c1-3-28(4-2)14-7-15-29-23(17-10-12-19(27)13-11-17)22(25(31)26(29)32)24(30)21-16-18-8-5-6-9-20(18)33-21/h5-6,8-13,16,23,31H,3-4,7,14-15H2,1-2H3. The summed E-state index contributed by atoms with van der Waals surface area (Å²) in [5, 5.41) is 11.6. The zero-order chi connectivity index (χ0) is 23.5. The van der Waals surface area contributed by atoms with Crippen molar-refractivity contribution < 1.29 is 19.1 Å². The fourth-order valence-electron chi connectivity index (χ4n) is 4.34. The molecule has 6 nitrogen and oxygen atoms in total. The van der Waals surface area contributed by atoms with Crippen LogP contribution in [0, 0.1) is 0 Å². The molecule has 1 unspecified atom stereocenters. The van der Waals surface area contributed by atoms with Crippen LogP contribution in [0.1, 0.15) is 42.4 Å². The minimum absolute atomic E-state index is 0.0595. The topological polar surface area (TPSA) is 74.0 Å². The maximum Gasteiger partial charge on any atom is 0.290 e. The largest absolute Gasteiger partial charge is 0.503 e. The van der Waals surface area contributed by atoms with E-state index in [1.54, 1.807) is 17.0 Å². The number of fused-ring (bicyclic) bond motifs is 1. The second kappa shape index (κ2) is 9.93.